The molecule has 0 bridgehead atoms. The van der Waals surface area contributed by atoms with Gasteiger partial charge in [0.1, 0.15) is 22.8 Å². The Morgan fingerprint density at radius 1 is 1.14 bits per heavy atom. The zero-order valence-corrected chi connectivity index (χ0v) is 11.3. The van der Waals surface area contributed by atoms with Crippen LogP contribution in [-0.2, 0) is 0 Å². The average molecular weight is 306 g/mol. The van der Waals surface area contributed by atoms with Gasteiger partial charge in [0.15, 0.2) is 0 Å². The van der Waals surface area contributed by atoms with Crippen LogP contribution in [0.3, 0.4) is 0 Å². The minimum Gasteiger partial charge on any atom is -0.478 e. The molecule has 0 saturated heterocycles. The summed E-state index contributed by atoms with van der Waals surface area (Å²) in [5, 5.41) is 18.5. The smallest absolute Gasteiger partial charge is 0.342 e. The van der Waals surface area contributed by atoms with E-state index < -0.39 is 45.8 Å². The van der Waals surface area contributed by atoms with Crippen molar-refractivity contribution in [2.75, 3.05) is 5.73 Å². The fraction of sp³-hybridized carbons (Fsp3) is 0.0714. The average Bonchev–Trinajstić information content (AvgIpc) is 2.36. The molecule has 5 N–H and O–H groups in total. The second-order valence-corrected chi connectivity index (χ2v) is 4.53. The number of nitrogens with two attached hydrogens (primary N) is 1. The van der Waals surface area contributed by atoms with Crippen molar-refractivity contribution in [2.24, 2.45) is 0 Å². The number of aromatic carboxylic acids is 2. The van der Waals surface area contributed by atoms with Crippen molar-refractivity contribution in [3.05, 3.63) is 51.1 Å². The molecule has 0 fully saturated rings. The zero-order chi connectivity index (χ0) is 16.6. The van der Waals surface area contributed by atoms with E-state index in [4.69, 9.17) is 5.73 Å². The third-order valence-electron chi connectivity index (χ3n) is 3.14. The van der Waals surface area contributed by atoms with Crippen molar-refractivity contribution in [1.82, 2.24) is 4.98 Å². The number of carbonyl (C=O) groups is 2. The van der Waals surface area contributed by atoms with Crippen LogP contribution >= 0.6 is 0 Å². The number of rotatable bonds is 3. The van der Waals surface area contributed by atoms with Crippen LogP contribution in [0.25, 0.3) is 11.1 Å². The van der Waals surface area contributed by atoms with E-state index in [1.807, 2.05) is 4.98 Å². The van der Waals surface area contributed by atoms with Gasteiger partial charge in [-0.25, -0.2) is 14.0 Å². The van der Waals surface area contributed by atoms with Crippen molar-refractivity contribution < 1.29 is 24.2 Å². The Bertz CT molecular complexity index is 837. The van der Waals surface area contributed by atoms with Gasteiger partial charge < -0.3 is 20.9 Å². The molecular formula is C14H11FN2O5. The Morgan fingerprint density at radius 3 is 2.23 bits per heavy atom. The van der Waals surface area contributed by atoms with Crippen LogP contribution < -0.4 is 11.3 Å². The van der Waals surface area contributed by atoms with Gasteiger partial charge in [0.25, 0.3) is 5.56 Å². The number of aromatic nitrogens is 1. The van der Waals surface area contributed by atoms with Crippen molar-refractivity contribution >= 4 is 17.8 Å². The highest BCUT2D eigenvalue weighted by atomic mass is 19.1. The SMILES string of the molecule is Cc1cccc(F)c1-c1c(C(=O)O)c(N)[nH]c(=O)c1C(=O)O. The van der Waals surface area contributed by atoms with Gasteiger partial charge in [0, 0.05) is 11.1 Å². The highest BCUT2D eigenvalue weighted by Gasteiger charge is 2.28. The number of H-pyrrole nitrogens is 1. The van der Waals surface area contributed by atoms with E-state index >= 15 is 0 Å². The summed E-state index contributed by atoms with van der Waals surface area (Å²) in [4.78, 5) is 36.6. The molecule has 0 spiro atoms. The predicted octanol–water partition coefficient (Wildman–Crippen LogP) is 1.47. The first-order valence-electron chi connectivity index (χ1n) is 6.03. The standard InChI is InChI=1S/C14H11FN2O5/c1-5-3-2-4-6(15)7(5)8-9(13(19)20)11(16)17-12(18)10(8)14(21)22/h2-4H,1H3,(H,19,20)(H,21,22)(H3,16,17,18). The molecule has 8 heteroatoms. The number of carboxylic acid groups (broad SMARTS) is 2. The minimum atomic E-state index is -1.68. The molecule has 2 aromatic rings. The Kier molecular flexibility index (Phi) is 3.68. The molecule has 1 aromatic carbocycles. The van der Waals surface area contributed by atoms with Gasteiger partial charge in [0.2, 0.25) is 0 Å². The van der Waals surface area contributed by atoms with Gasteiger partial charge in [-0.3, -0.25) is 4.79 Å². The summed E-state index contributed by atoms with van der Waals surface area (Å²) < 4.78 is 14.1. The van der Waals surface area contributed by atoms with E-state index in [2.05, 4.69) is 0 Å². The lowest BCUT2D eigenvalue weighted by Gasteiger charge is -2.14. The molecule has 0 aliphatic rings. The maximum atomic E-state index is 14.1. The van der Waals surface area contributed by atoms with Gasteiger partial charge in [-0.2, -0.15) is 0 Å². The molecule has 7 nitrogen and oxygen atoms in total. The second-order valence-electron chi connectivity index (χ2n) is 4.53. The third-order valence-corrected chi connectivity index (χ3v) is 3.14. The Balaban J connectivity index is 3.10. The summed E-state index contributed by atoms with van der Waals surface area (Å²) >= 11 is 0. The molecule has 0 atom stereocenters. The van der Waals surface area contributed by atoms with Gasteiger partial charge >= 0.3 is 11.9 Å². The number of nitrogen functional groups attached to an aromatic ring is 1. The van der Waals surface area contributed by atoms with E-state index in [0.29, 0.717) is 0 Å². The van der Waals surface area contributed by atoms with E-state index in [9.17, 15) is 29.0 Å². The summed E-state index contributed by atoms with van der Waals surface area (Å²) in [6.07, 6.45) is 0. The van der Waals surface area contributed by atoms with Crippen molar-refractivity contribution in [1.29, 1.82) is 0 Å². The number of hydrogen-bond donors (Lipinski definition) is 4. The lowest BCUT2D eigenvalue weighted by molar-refractivity contribution is 0.0695. The van der Waals surface area contributed by atoms with Crippen LogP contribution in [0, 0.1) is 12.7 Å². The van der Waals surface area contributed by atoms with Crippen molar-refractivity contribution in [3.63, 3.8) is 0 Å². The molecule has 22 heavy (non-hydrogen) atoms. The van der Waals surface area contributed by atoms with Gasteiger partial charge in [-0.1, -0.05) is 12.1 Å². The van der Waals surface area contributed by atoms with E-state index in [0.717, 1.165) is 6.07 Å². The van der Waals surface area contributed by atoms with Crippen LogP contribution in [0.4, 0.5) is 10.2 Å². The summed E-state index contributed by atoms with van der Waals surface area (Å²) in [5.74, 6) is -4.65. The second kappa shape index (κ2) is 5.32. The monoisotopic (exact) mass is 306 g/mol. The molecule has 2 rings (SSSR count). The molecule has 0 radical (unpaired) electrons. The first kappa shape index (κ1) is 15.2. The Morgan fingerprint density at radius 2 is 1.73 bits per heavy atom. The van der Waals surface area contributed by atoms with Crippen molar-refractivity contribution in [3.8, 4) is 11.1 Å². The van der Waals surface area contributed by atoms with Gasteiger partial charge in [-0.05, 0) is 18.6 Å². The highest BCUT2D eigenvalue weighted by molar-refractivity contribution is 6.07. The number of nitrogens with one attached hydrogen (secondary N) is 1. The molecule has 0 aliphatic carbocycles. The summed E-state index contributed by atoms with van der Waals surface area (Å²) in [7, 11) is 0. The summed E-state index contributed by atoms with van der Waals surface area (Å²) in [6.45, 7) is 1.47. The number of hydrogen-bond acceptors (Lipinski definition) is 4. The van der Waals surface area contributed by atoms with Crippen LogP contribution in [0.2, 0.25) is 0 Å². The first-order chi connectivity index (χ1) is 10.3. The molecule has 1 aromatic heterocycles. The molecular weight excluding hydrogens is 295 g/mol. The van der Waals surface area contributed by atoms with Crippen LogP contribution in [0.5, 0.6) is 0 Å². The Labute approximate surface area is 122 Å². The fourth-order valence-corrected chi connectivity index (χ4v) is 2.25. The predicted molar refractivity (Wildman–Crippen MR) is 75.5 cm³/mol. The molecule has 0 unspecified atom stereocenters. The van der Waals surface area contributed by atoms with Crippen LogP contribution in [0.15, 0.2) is 23.0 Å². The molecule has 0 amide bonds. The van der Waals surface area contributed by atoms with Crippen LogP contribution in [-0.4, -0.2) is 27.1 Å². The molecule has 0 saturated carbocycles. The number of aromatic amines is 1. The maximum Gasteiger partial charge on any atom is 0.342 e. The fourth-order valence-electron chi connectivity index (χ4n) is 2.25. The summed E-state index contributed by atoms with van der Waals surface area (Å²) in [6, 6.07) is 3.88. The summed E-state index contributed by atoms with van der Waals surface area (Å²) in [5.41, 5.74) is 2.28. The number of carboxylic acids is 2. The minimum absolute atomic E-state index is 0.273. The largest absolute Gasteiger partial charge is 0.478 e. The number of halogens is 1. The first-order valence-corrected chi connectivity index (χ1v) is 6.03. The third kappa shape index (κ3) is 2.30. The lowest BCUT2D eigenvalue weighted by atomic mass is 9.92. The highest BCUT2D eigenvalue weighted by Crippen LogP contribution is 2.33. The molecule has 1 heterocycles. The van der Waals surface area contributed by atoms with E-state index in [1.54, 1.807) is 0 Å². The molecule has 0 aliphatic heterocycles. The lowest BCUT2D eigenvalue weighted by Crippen LogP contribution is -2.24. The zero-order valence-electron chi connectivity index (χ0n) is 11.3. The van der Waals surface area contributed by atoms with Gasteiger partial charge in [-0.15, -0.1) is 0 Å². The van der Waals surface area contributed by atoms with Crippen molar-refractivity contribution in [2.45, 2.75) is 6.92 Å². The topological polar surface area (TPSA) is 133 Å². The molecule has 114 valence electrons. The number of aryl methyl sites for hydroxylation is 1. The van der Waals surface area contributed by atoms with E-state index in [1.165, 1.54) is 19.1 Å². The Hall–Kier alpha value is -3.16. The van der Waals surface area contributed by atoms with E-state index in [-0.39, 0.29) is 11.1 Å². The number of anilines is 1. The van der Waals surface area contributed by atoms with Crippen LogP contribution in [0.1, 0.15) is 26.3 Å². The quantitative estimate of drug-likeness (QED) is 0.678. The number of pyridine rings is 1. The van der Waals surface area contributed by atoms with Gasteiger partial charge in [0.05, 0.1) is 0 Å². The number of benzene rings is 1. The normalized spacial score (nSPS) is 10.5. The maximum absolute atomic E-state index is 14.1.